The Hall–Kier alpha value is -3.40. The van der Waals surface area contributed by atoms with Crippen molar-refractivity contribution in [1.29, 1.82) is 0 Å². The largest absolute Gasteiger partial charge is 0.326 e. The van der Waals surface area contributed by atoms with Gasteiger partial charge >= 0.3 is 0 Å². The Kier molecular flexibility index (Phi) is 6.59. The number of hydrogen-bond donors (Lipinski definition) is 2. The molecule has 0 radical (unpaired) electrons. The highest BCUT2D eigenvalue weighted by molar-refractivity contribution is 7.92. The molecule has 1 saturated heterocycles. The predicted molar refractivity (Wildman–Crippen MR) is 135 cm³/mol. The van der Waals surface area contributed by atoms with Gasteiger partial charge in [0.25, 0.3) is 5.91 Å². The first-order chi connectivity index (χ1) is 16.6. The van der Waals surface area contributed by atoms with Gasteiger partial charge in [0.2, 0.25) is 21.8 Å². The van der Waals surface area contributed by atoms with Gasteiger partial charge in [0.15, 0.2) is 0 Å². The molecule has 0 spiro atoms. The lowest BCUT2D eigenvalue weighted by Crippen LogP contribution is -2.62. The second-order valence-electron chi connectivity index (χ2n) is 9.12. The highest BCUT2D eigenvalue weighted by Crippen LogP contribution is 2.44. The molecule has 1 atom stereocenters. The SMILES string of the molecule is CCCS(=O)(=O)Nc1cccc(NC(=O)CCN2C(=O)c3ccccc3N3C(=O)CCC23C)c1C. The lowest BCUT2D eigenvalue weighted by Gasteiger charge is -2.48. The van der Waals surface area contributed by atoms with Crippen molar-refractivity contribution in [3.63, 3.8) is 0 Å². The summed E-state index contributed by atoms with van der Waals surface area (Å²) in [5, 5.41) is 2.83. The number of carbonyl (C=O) groups excluding carboxylic acids is 3. The van der Waals surface area contributed by atoms with Gasteiger partial charge in [-0.2, -0.15) is 0 Å². The maximum atomic E-state index is 13.3. The third kappa shape index (κ3) is 4.62. The van der Waals surface area contributed by atoms with E-state index in [-0.39, 0.29) is 36.4 Å². The minimum atomic E-state index is -3.47. The zero-order chi connectivity index (χ0) is 25.4. The highest BCUT2D eigenvalue weighted by Gasteiger charge is 2.52. The molecule has 2 aromatic carbocycles. The summed E-state index contributed by atoms with van der Waals surface area (Å²) in [4.78, 5) is 42.1. The van der Waals surface area contributed by atoms with Crippen molar-refractivity contribution in [2.75, 3.05) is 27.2 Å². The second-order valence-corrected chi connectivity index (χ2v) is 11.0. The predicted octanol–water partition coefficient (Wildman–Crippen LogP) is 3.47. The molecular formula is C25H30N4O5S. The Bertz CT molecular complexity index is 1290. The third-order valence-electron chi connectivity index (χ3n) is 6.65. The number of nitrogens with zero attached hydrogens (tertiary/aromatic N) is 2. The number of carbonyl (C=O) groups is 3. The van der Waals surface area contributed by atoms with E-state index in [1.165, 1.54) is 0 Å². The van der Waals surface area contributed by atoms with Crippen molar-refractivity contribution < 1.29 is 22.8 Å². The molecule has 35 heavy (non-hydrogen) atoms. The average Bonchev–Trinajstić information content (AvgIpc) is 3.11. The van der Waals surface area contributed by atoms with Crippen LogP contribution in [0.2, 0.25) is 0 Å². The van der Waals surface area contributed by atoms with Crippen LogP contribution < -0.4 is 14.9 Å². The number of sulfonamides is 1. The number of benzene rings is 2. The van der Waals surface area contributed by atoms with E-state index in [0.717, 1.165) is 0 Å². The Balaban J connectivity index is 1.49. The maximum Gasteiger partial charge on any atom is 0.257 e. The molecule has 0 saturated carbocycles. The number of nitrogens with one attached hydrogen (secondary N) is 2. The molecule has 2 heterocycles. The van der Waals surface area contributed by atoms with E-state index in [1.807, 2.05) is 6.92 Å². The van der Waals surface area contributed by atoms with Crippen LogP contribution in [0.4, 0.5) is 17.1 Å². The van der Waals surface area contributed by atoms with E-state index in [1.54, 1.807) is 66.1 Å². The maximum absolute atomic E-state index is 13.3. The number of hydrogen-bond acceptors (Lipinski definition) is 5. The summed E-state index contributed by atoms with van der Waals surface area (Å²) in [6.45, 7) is 5.52. The van der Waals surface area contributed by atoms with Gasteiger partial charge in [-0.15, -0.1) is 0 Å². The fourth-order valence-electron chi connectivity index (χ4n) is 4.84. The van der Waals surface area contributed by atoms with E-state index < -0.39 is 15.7 Å². The molecule has 3 amide bonds. The van der Waals surface area contributed by atoms with Crippen LogP contribution in [0.5, 0.6) is 0 Å². The lowest BCUT2D eigenvalue weighted by atomic mass is 9.98. The van der Waals surface area contributed by atoms with Crippen molar-refractivity contribution in [3.05, 3.63) is 53.6 Å². The van der Waals surface area contributed by atoms with Crippen LogP contribution in [0.1, 0.15) is 55.5 Å². The first-order valence-electron chi connectivity index (χ1n) is 11.7. The monoisotopic (exact) mass is 498 g/mol. The van der Waals surface area contributed by atoms with Crippen LogP contribution in [0.3, 0.4) is 0 Å². The van der Waals surface area contributed by atoms with Gasteiger partial charge in [0.05, 0.1) is 22.7 Å². The smallest absolute Gasteiger partial charge is 0.257 e. The van der Waals surface area contributed by atoms with Crippen molar-refractivity contribution in [2.45, 2.75) is 52.1 Å². The van der Waals surface area contributed by atoms with Crippen LogP contribution in [-0.2, 0) is 19.6 Å². The van der Waals surface area contributed by atoms with Crippen LogP contribution in [0, 0.1) is 6.92 Å². The first kappa shape index (κ1) is 24.7. The zero-order valence-electron chi connectivity index (χ0n) is 20.1. The molecule has 4 rings (SSSR count). The van der Waals surface area contributed by atoms with E-state index in [2.05, 4.69) is 10.0 Å². The molecule has 2 aliphatic heterocycles. The zero-order valence-corrected chi connectivity index (χ0v) is 20.9. The number of anilines is 3. The summed E-state index contributed by atoms with van der Waals surface area (Å²) >= 11 is 0. The Labute approximate surface area is 205 Å². The van der Waals surface area contributed by atoms with Gasteiger partial charge < -0.3 is 10.2 Å². The molecule has 0 aliphatic carbocycles. The van der Waals surface area contributed by atoms with E-state index in [0.29, 0.717) is 47.5 Å². The molecule has 2 aromatic rings. The molecule has 0 bridgehead atoms. The van der Waals surface area contributed by atoms with Gasteiger partial charge in [0.1, 0.15) is 5.66 Å². The molecule has 0 aromatic heterocycles. The summed E-state index contributed by atoms with van der Waals surface area (Å²) in [5.41, 5.74) is 1.74. The van der Waals surface area contributed by atoms with Crippen molar-refractivity contribution in [2.24, 2.45) is 0 Å². The first-order valence-corrected chi connectivity index (χ1v) is 13.4. The molecular weight excluding hydrogens is 468 g/mol. The Morgan fingerprint density at radius 2 is 1.80 bits per heavy atom. The molecule has 10 heteroatoms. The number of fused-ring (bicyclic) bond motifs is 3. The van der Waals surface area contributed by atoms with Crippen LogP contribution >= 0.6 is 0 Å². The summed E-state index contributed by atoms with van der Waals surface area (Å²) in [6.07, 6.45) is 1.34. The standard InChI is InChI=1S/C25H30N4O5S/c1-4-16-35(33,34)27-20-10-7-9-19(17(20)2)26-22(30)13-15-28-24(32)18-8-5-6-11-21(18)29-23(31)12-14-25(28,29)3/h5-11,27H,4,12-16H2,1-3H3,(H,26,30). The van der Waals surface area contributed by atoms with Gasteiger partial charge in [0, 0.05) is 25.1 Å². The summed E-state index contributed by atoms with van der Waals surface area (Å²) in [5.74, 6) is -0.549. The fraction of sp³-hybridized carbons (Fsp3) is 0.400. The summed E-state index contributed by atoms with van der Waals surface area (Å²) < 4.78 is 26.9. The second kappa shape index (κ2) is 9.33. The average molecular weight is 499 g/mol. The minimum Gasteiger partial charge on any atom is -0.326 e. The minimum absolute atomic E-state index is 0.00824. The molecule has 1 fully saturated rings. The summed E-state index contributed by atoms with van der Waals surface area (Å²) in [7, 11) is -3.47. The number of amides is 3. The molecule has 9 nitrogen and oxygen atoms in total. The third-order valence-corrected chi connectivity index (χ3v) is 8.13. The van der Waals surface area contributed by atoms with Crippen molar-refractivity contribution >= 4 is 44.8 Å². The topological polar surface area (TPSA) is 116 Å². The van der Waals surface area contributed by atoms with E-state index in [9.17, 15) is 22.8 Å². The Morgan fingerprint density at radius 3 is 2.54 bits per heavy atom. The molecule has 2 aliphatic rings. The van der Waals surface area contributed by atoms with Gasteiger partial charge in [-0.05, 0) is 56.5 Å². The normalized spacial score (nSPS) is 19.4. The van der Waals surface area contributed by atoms with Crippen molar-refractivity contribution in [3.8, 4) is 0 Å². The highest BCUT2D eigenvalue weighted by atomic mass is 32.2. The number of rotatable bonds is 8. The van der Waals surface area contributed by atoms with E-state index >= 15 is 0 Å². The summed E-state index contributed by atoms with van der Waals surface area (Å²) in [6, 6.07) is 12.1. The van der Waals surface area contributed by atoms with Gasteiger partial charge in [-0.3, -0.25) is 24.0 Å². The fourth-order valence-corrected chi connectivity index (χ4v) is 6.03. The quantitative estimate of drug-likeness (QED) is 0.578. The van der Waals surface area contributed by atoms with Crippen LogP contribution in [0.25, 0.3) is 0 Å². The van der Waals surface area contributed by atoms with Crippen molar-refractivity contribution in [1.82, 2.24) is 4.90 Å². The molecule has 186 valence electrons. The molecule has 1 unspecified atom stereocenters. The van der Waals surface area contributed by atoms with Crippen LogP contribution in [0.15, 0.2) is 42.5 Å². The van der Waals surface area contributed by atoms with Gasteiger partial charge in [-0.25, -0.2) is 8.42 Å². The lowest BCUT2D eigenvalue weighted by molar-refractivity contribution is -0.117. The van der Waals surface area contributed by atoms with Crippen LogP contribution in [-0.4, -0.2) is 49.0 Å². The Morgan fingerprint density at radius 1 is 1.09 bits per heavy atom. The number of para-hydroxylation sites is 1. The van der Waals surface area contributed by atoms with Gasteiger partial charge in [-0.1, -0.05) is 25.1 Å². The van der Waals surface area contributed by atoms with E-state index in [4.69, 9.17) is 0 Å². The molecule has 2 N–H and O–H groups in total.